The molecule has 4 nitrogen and oxygen atoms in total. The van der Waals surface area contributed by atoms with Gasteiger partial charge in [0.2, 0.25) is 0 Å². The van der Waals surface area contributed by atoms with Crippen molar-refractivity contribution in [2.24, 2.45) is 0 Å². The van der Waals surface area contributed by atoms with Crippen LogP contribution in [0, 0.1) is 0 Å². The summed E-state index contributed by atoms with van der Waals surface area (Å²) in [6, 6.07) is 6.50. The van der Waals surface area contributed by atoms with Crippen LogP contribution in [0.4, 0.5) is 13.2 Å². The molecule has 0 bridgehead atoms. The van der Waals surface area contributed by atoms with Crippen molar-refractivity contribution in [2.45, 2.75) is 30.6 Å². The molecule has 0 saturated heterocycles. The Morgan fingerprint density at radius 3 is 2.74 bits per heavy atom. The Kier molecular flexibility index (Phi) is 4.63. The number of halogens is 4. The number of fused-ring (bicyclic) bond motifs is 2. The fourth-order valence-corrected chi connectivity index (χ4v) is 4.20. The predicted molar refractivity (Wildman–Crippen MR) is 96.5 cm³/mol. The third kappa shape index (κ3) is 3.55. The number of hydrogen-bond acceptors (Lipinski definition) is 4. The lowest BCUT2D eigenvalue weighted by Crippen LogP contribution is -2.07. The zero-order valence-electron chi connectivity index (χ0n) is 13.9. The SMILES string of the molecule is O=C(CSc1nnc2c(Cl)cc(C(F)(F)F)cn12)c1ccc2c(c1)CCC2. The molecule has 2 heterocycles. The Bertz CT molecular complexity index is 1050. The van der Waals surface area contributed by atoms with Crippen LogP contribution in [-0.4, -0.2) is 26.1 Å². The third-order valence-electron chi connectivity index (χ3n) is 4.51. The van der Waals surface area contributed by atoms with Gasteiger partial charge in [-0.25, -0.2) is 0 Å². The molecule has 0 atom stereocenters. The molecule has 0 amide bonds. The molecule has 1 aromatic carbocycles. The summed E-state index contributed by atoms with van der Waals surface area (Å²) in [5.41, 5.74) is 2.30. The van der Waals surface area contributed by atoms with Crippen LogP contribution < -0.4 is 0 Å². The summed E-state index contributed by atoms with van der Waals surface area (Å²) in [7, 11) is 0. The van der Waals surface area contributed by atoms with Crippen LogP contribution in [0.1, 0.15) is 33.5 Å². The predicted octanol–water partition coefficient (Wildman–Crippen LogP) is 4.87. The van der Waals surface area contributed by atoms with Gasteiger partial charge in [-0.1, -0.05) is 35.5 Å². The first-order valence-corrected chi connectivity index (χ1v) is 9.58. The Labute approximate surface area is 161 Å². The molecule has 0 N–H and O–H groups in total. The molecule has 27 heavy (non-hydrogen) atoms. The van der Waals surface area contributed by atoms with E-state index in [-0.39, 0.29) is 27.4 Å². The zero-order chi connectivity index (χ0) is 19.2. The molecule has 0 unspecified atom stereocenters. The van der Waals surface area contributed by atoms with Crippen molar-refractivity contribution in [3.05, 3.63) is 57.7 Å². The normalized spacial score (nSPS) is 13.9. The monoisotopic (exact) mass is 411 g/mol. The second kappa shape index (κ2) is 6.83. The average molecular weight is 412 g/mol. The van der Waals surface area contributed by atoms with Gasteiger partial charge in [-0.15, -0.1) is 10.2 Å². The first-order valence-electron chi connectivity index (χ1n) is 8.22. The fraction of sp³-hybridized carbons (Fsp3) is 0.278. The molecule has 140 valence electrons. The highest BCUT2D eigenvalue weighted by Gasteiger charge is 2.32. The Balaban J connectivity index is 1.57. The lowest BCUT2D eigenvalue weighted by molar-refractivity contribution is -0.137. The van der Waals surface area contributed by atoms with Crippen molar-refractivity contribution in [1.29, 1.82) is 0 Å². The molecule has 0 spiro atoms. The van der Waals surface area contributed by atoms with Gasteiger partial charge in [-0.2, -0.15) is 13.2 Å². The van der Waals surface area contributed by atoms with Crippen LogP contribution in [0.3, 0.4) is 0 Å². The van der Waals surface area contributed by atoms with Gasteiger partial charge < -0.3 is 0 Å². The van der Waals surface area contributed by atoms with Gasteiger partial charge in [0.15, 0.2) is 16.6 Å². The van der Waals surface area contributed by atoms with E-state index in [1.54, 1.807) is 6.07 Å². The van der Waals surface area contributed by atoms with Gasteiger partial charge >= 0.3 is 6.18 Å². The van der Waals surface area contributed by atoms with Crippen molar-refractivity contribution in [3.8, 4) is 0 Å². The molecule has 2 aromatic heterocycles. The summed E-state index contributed by atoms with van der Waals surface area (Å²) in [5.74, 6) is -0.0579. The van der Waals surface area contributed by atoms with Crippen molar-refractivity contribution in [1.82, 2.24) is 14.6 Å². The Morgan fingerprint density at radius 2 is 1.96 bits per heavy atom. The third-order valence-corrected chi connectivity index (χ3v) is 5.73. The van der Waals surface area contributed by atoms with Crippen molar-refractivity contribution in [3.63, 3.8) is 0 Å². The molecular weight excluding hydrogens is 399 g/mol. The van der Waals surface area contributed by atoms with Gasteiger partial charge in [0.1, 0.15) is 0 Å². The molecule has 0 fully saturated rings. The maximum atomic E-state index is 13.0. The van der Waals surface area contributed by atoms with E-state index < -0.39 is 11.7 Å². The maximum Gasteiger partial charge on any atom is 0.417 e. The van der Waals surface area contributed by atoms with Gasteiger partial charge in [0.05, 0.1) is 16.3 Å². The number of benzene rings is 1. The van der Waals surface area contributed by atoms with Crippen molar-refractivity contribution in [2.75, 3.05) is 5.75 Å². The number of Topliss-reactive ketones (excluding diaryl/α,β-unsaturated/α-hetero) is 1. The van der Waals surface area contributed by atoms with Crippen LogP contribution in [0.2, 0.25) is 5.02 Å². The van der Waals surface area contributed by atoms with Crippen LogP contribution in [0.15, 0.2) is 35.6 Å². The standard InChI is InChI=1S/C18H13ClF3N3OS/c19-14-7-13(18(20,21)22)8-25-16(14)23-24-17(25)27-9-15(26)12-5-4-10-2-1-3-11(10)6-12/h4-8H,1-3,9H2. The molecule has 4 rings (SSSR count). The number of aromatic nitrogens is 3. The molecule has 3 aromatic rings. The Morgan fingerprint density at radius 1 is 1.19 bits per heavy atom. The second-order valence-corrected chi connectivity index (χ2v) is 7.65. The first-order chi connectivity index (χ1) is 12.8. The van der Waals surface area contributed by atoms with Crippen LogP contribution in [0.5, 0.6) is 0 Å². The number of thioether (sulfide) groups is 1. The van der Waals surface area contributed by atoms with Crippen molar-refractivity contribution >= 4 is 34.8 Å². The summed E-state index contributed by atoms with van der Waals surface area (Å²) < 4.78 is 40.2. The van der Waals surface area contributed by atoms with Gasteiger partial charge in [0, 0.05) is 11.8 Å². The highest BCUT2D eigenvalue weighted by molar-refractivity contribution is 7.99. The number of aryl methyl sites for hydroxylation is 2. The van der Waals surface area contributed by atoms with Gasteiger partial charge in [0.25, 0.3) is 0 Å². The van der Waals surface area contributed by atoms with E-state index in [1.807, 2.05) is 12.1 Å². The van der Waals surface area contributed by atoms with E-state index in [0.717, 1.165) is 43.3 Å². The molecule has 1 aliphatic rings. The van der Waals surface area contributed by atoms with Crippen LogP contribution in [-0.2, 0) is 19.0 Å². The summed E-state index contributed by atoms with van der Waals surface area (Å²) >= 11 is 6.93. The van der Waals surface area contributed by atoms with Crippen molar-refractivity contribution < 1.29 is 18.0 Å². The van der Waals surface area contributed by atoms with E-state index in [0.29, 0.717) is 5.56 Å². The number of alkyl halides is 3. The minimum Gasteiger partial charge on any atom is -0.293 e. The maximum absolute atomic E-state index is 13.0. The number of rotatable bonds is 4. The summed E-state index contributed by atoms with van der Waals surface area (Å²) in [5, 5.41) is 7.74. The number of nitrogens with zero attached hydrogens (tertiary/aromatic N) is 3. The minimum absolute atomic E-state index is 0.0491. The smallest absolute Gasteiger partial charge is 0.293 e. The zero-order valence-corrected chi connectivity index (χ0v) is 15.5. The highest BCUT2D eigenvalue weighted by Crippen LogP contribution is 2.33. The lowest BCUT2D eigenvalue weighted by Gasteiger charge is -2.08. The Hall–Kier alpha value is -2.06. The number of ketones is 1. The van der Waals surface area contributed by atoms with Gasteiger partial charge in [-0.3, -0.25) is 9.20 Å². The lowest BCUT2D eigenvalue weighted by atomic mass is 10.0. The van der Waals surface area contributed by atoms with Crippen LogP contribution in [0.25, 0.3) is 5.65 Å². The van der Waals surface area contributed by atoms with E-state index in [2.05, 4.69) is 10.2 Å². The largest absolute Gasteiger partial charge is 0.417 e. The van der Waals surface area contributed by atoms with E-state index in [9.17, 15) is 18.0 Å². The molecule has 9 heteroatoms. The summed E-state index contributed by atoms with van der Waals surface area (Å²) in [6.45, 7) is 0. The quantitative estimate of drug-likeness (QED) is 0.454. The number of hydrogen-bond donors (Lipinski definition) is 0. The molecule has 1 aliphatic carbocycles. The molecular formula is C18H13ClF3N3OS. The average Bonchev–Trinajstić information content (AvgIpc) is 3.25. The fourth-order valence-electron chi connectivity index (χ4n) is 3.15. The second-order valence-electron chi connectivity index (χ2n) is 6.30. The minimum atomic E-state index is -4.54. The molecule has 0 radical (unpaired) electrons. The molecule has 0 saturated carbocycles. The van der Waals surface area contributed by atoms with E-state index in [1.165, 1.54) is 15.5 Å². The number of carbonyl (C=O) groups excluding carboxylic acids is 1. The number of pyridine rings is 1. The summed E-state index contributed by atoms with van der Waals surface area (Å²) in [6.07, 6.45) is -0.548. The topological polar surface area (TPSA) is 47.3 Å². The van der Waals surface area contributed by atoms with E-state index >= 15 is 0 Å². The highest BCUT2D eigenvalue weighted by atomic mass is 35.5. The number of carbonyl (C=O) groups is 1. The molecule has 0 aliphatic heterocycles. The van der Waals surface area contributed by atoms with E-state index in [4.69, 9.17) is 11.6 Å². The summed E-state index contributed by atoms with van der Waals surface area (Å²) in [4.78, 5) is 12.5. The first kappa shape index (κ1) is 18.3. The van der Waals surface area contributed by atoms with Crippen LogP contribution >= 0.6 is 23.4 Å². The van der Waals surface area contributed by atoms with Gasteiger partial charge in [-0.05, 0) is 42.5 Å².